The SMILES string of the molecule is Fc1c(F)c(F)c(-c2c3nc(c(-c4c(F)c(F)c(F)c(F)c4F)c4ccc([nH]4)c4[nH]c(cc4-c4cc5[nH]c4c4ccc([nH]4)c(-c4c(F)c(F)c(F)c(F)c4F)c4nc(c(-c6c(F)c(F)c(F)c(F)c6F)c6ccc([nH]6)c5-c5c(F)c(F)c(F)c(F)c5F)C=C4)c(-c4c(F)c(F)c(F)c(F)c4F)c4ccc2[nH]4)C=C3)c(F)c1F. The maximum absolute atomic E-state index is 17.0. The van der Waals surface area contributed by atoms with Crippen LogP contribution in [0.2, 0.25) is 0 Å². The fraction of sp³-hybridized carbons (Fsp3) is 0. The third-order valence-corrected chi connectivity index (χ3v) is 18.4. The van der Waals surface area contributed by atoms with Gasteiger partial charge < -0.3 is 29.9 Å². The molecule has 38 heteroatoms. The second-order valence-electron chi connectivity index (χ2n) is 24.4. The van der Waals surface area contributed by atoms with Crippen LogP contribution >= 0.6 is 0 Å². The molecular weight excluding hydrogens is 1570 g/mol. The van der Waals surface area contributed by atoms with Crippen LogP contribution in [0.15, 0.2) is 60.7 Å². The Kier molecular flexibility index (Phi) is 16.7. The van der Waals surface area contributed by atoms with Crippen molar-refractivity contribution in [2.24, 2.45) is 0 Å². The molecule has 8 aromatic heterocycles. The Morgan fingerprint density at radius 1 is 0.152 bits per heavy atom. The van der Waals surface area contributed by atoms with Crippen molar-refractivity contribution >= 4 is 90.5 Å². The summed E-state index contributed by atoms with van der Waals surface area (Å²) in [5, 5.41) is 0. The van der Waals surface area contributed by atoms with Gasteiger partial charge in [-0.1, -0.05) is 0 Å². The molecule has 0 saturated carbocycles. The highest BCUT2D eigenvalue weighted by Crippen LogP contribution is 2.49. The molecule has 0 radical (unpaired) electrons. The first-order valence-electron chi connectivity index (χ1n) is 30.9. The van der Waals surface area contributed by atoms with E-state index in [9.17, 15) is 17.6 Å². The van der Waals surface area contributed by atoms with Gasteiger partial charge in [-0.2, -0.15) is 0 Å². The molecule has 8 nitrogen and oxygen atoms in total. The van der Waals surface area contributed by atoms with Crippen LogP contribution in [0, 0.1) is 175 Å². The number of hydrogen-bond acceptors (Lipinski definition) is 2. The number of aromatic nitrogens is 8. The smallest absolute Gasteiger partial charge is 0.200 e. The second-order valence-corrected chi connectivity index (χ2v) is 24.4. The van der Waals surface area contributed by atoms with Gasteiger partial charge in [0.25, 0.3) is 0 Å². The molecule has 2 aliphatic heterocycles. The lowest BCUT2D eigenvalue weighted by Crippen LogP contribution is -2.05. The normalized spacial score (nSPS) is 12.3. The van der Waals surface area contributed by atoms with E-state index >= 15 is 114 Å². The largest absolute Gasteiger partial charge is 0.354 e. The third-order valence-electron chi connectivity index (χ3n) is 18.4. The van der Waals surface area contributed by atoms with Crippen molar-refractivity contribution in [2.45, 2.75) is 0 Å². The second kappa shape index (κ2) is 25.6. The fourth-order valence-electron chi connectivity index (χ4n) is 13.4. The van der Waals surface area contributed by atoms with Crippen LogP contribution in [0.25, 0.3) is 168 Å². The van der Waals surface area contributed by atoms with Gasteiger partial charge in [0.2, 0.25) is 34.9 Å². The molecule has 14 aromatic rings. The maximum Gasteiger partial charge on any atom is 0.200 e. The molecule has 0 saturated heterocycles. The van der Waals surface area contributed by atoms with Crippen LogP contribution in [0.4, 0.5) is 132 Å². The van der Waals surface area contributed by atoms with Crippen molar-refractivity contribution < 1.29 is 132 Å². The van der Waals surface area contributed by atoms with Gasteiger partial charge >= 0.3 is 0 Å². The Bertz CT molecular complexity index is 6440. The summed E-state index contributed by atoms with van der Waals surface area (Å²) in [6.07, 6.45) is 2.32. The van der Waals surface area contributed by atoms with Crippen molar-refractivity contribution in [3.05, 3.63) is 258 Å². The standard InChI is InChI=1S/C74H20F30N8/c75-43-37(44(76)56(88)67(99)55(43)87)31-17-1-3-21(105-17)33(39-47(79)59(91)69(101)60(92)48(39)80)23-9-11-27(109-23)73-15(13-29(111-73)35(25-7-5-19(31)107-25)41-51(83)63(95)71(103)64(96)52(41)84)16-14-30-36(42-53(85)65(97)72(104)66(98)54(42)86)26-8-6-20(108-26)32(38-45(77)57(89)68(100)58(90)46(38)78)18-2-4-22(106-18)34(24-10-12-28(110-24)74(16)112-30)40-49(81)61(93)70(102)62(94)50(40)82/h1-14,107-112H. The lowest BCUT2D eigenvalue weighted by Gasteiger charge is -2.11. The van der Waals surface area contributed by atoms with Gasteiger partial charge in [-0.15, -0.1) is 0 Å². The third kappa shape index (κ3) is 10.3. The van der Waals surface area contributed by atoms with Gasteiger partial charge in [-0.05, 0) is 85.0 Å². The predicted molar refractivity (Wildman–Crippen MR) is 341 cm³/mol. The molecule has 10 heterocycles. The van der Waals surface area contributed by atoms with E-state index in [-0.39, 0.29) is 0 Å². The highest BCUT2D eigenvalue weighted by atomic mass is 19.2. The number of benzene rings is 6. The average Bonchev–Trinajstić information content (AvgIpc) is 1.55. The molecule has 0 aliphatic carbocycles. The topological polar surface area (TPSA) is 121 Å². The van der Waals surface area contributed by atoms with E-state index < -0.39 is 341 Å². The number of halogens is 30. The van der Waals surface area contributed by atoms with Gasteiger partial charge in [0.05, 0.1) is 78.2 Å². The number of aromatic amines is 6. The summed E-state index contributed by atoms with van der Waals surface area (Å²) in [5.74, 6) is -82.6. The van der Waals surface area contributed by atoms with Crippen LogP contribution in [-0.2, 0) is 0 Å². The van der Waals surface area contributed by atoms with Crippen LogP contribution < -0.4 is 0 Å². The summed E-state index contributed by atoms with van der Waals surface area (Å²) in [4.78, 5) is 22.8. The number of H-pyrrole nitrogens is 6. The number of nitrogens with zero attached hydrogens (tertiary/aromatic N) is 2. The highest BCUT2D eigenvalue weighted by molar-refractivity contribution is 6.11. The Balaban J connectivity index is 1.17. The number of nitrogens with one attached hydrogen (secondary N) is 6. The van der Waals surface area contributed by atoms with Crippen LogP contribution in [0.3, 0.4) is 0 Å². The minimum atomic E-state index is -2.87. The van der Waals surface area contributed by atoms with E-state index in [2.05, 4.69) is 39.9 Å². The van der Waals surface area contributed by atoms with Gasteiger partial charge in [-0.3, -0.25) is 0 Å². The molecule has 112 heavy (non-hydrogen) atoms. The Morgan fingerprint density at radius 3 is 0.500 bits per heavy atom. The first-order valence-corrected chi connectivity index (χ1v) is 30.9. The Morgan fingerprint density at radius 2 is 0.304 bits per heavy atom. The van der Waals surface area contributed by atoms with E-state index in [1.165, 1.54) is 0 Å². The van der Waals surface area contributed by atoms with Crippen molar-refractivity contribution in [3.63, 3.8) is 0 Å². The molecule has 6 N–H and O–H groups in total. The molecule has 6 aromatic carbocycles. The minimum absolute atomic E-state index is 0.555. The fourth-order valence-corrected chi connectivity index (χ4v) is 13.4. The molecule has 0 amide bonds. The van der Waals surface area contributed by atoms with Crippen molar-refractivity contribution in [1.82, 2.24) is 39.9 Å². The zero-order chi connectivity index (χ0) is 80.2. The van der Waals surface area contributed by atoms with E-state index in [1.54, 1.807) is 0 Å². The number of rotatable bonds is 7. The van der Waals surface area contributed by atoms with E-state index in [0.717, 1.165) is 12.1 Å². The molecule has 16 bridgehead atoms. The summed E-state index contributed by atoms with van der Waals surface area (Å²) < 4.78 is 478. The summed E-state index contributed by atoms with van der Waals surface area (Å²) in [5.41, 5.74) is -38.0. The quantitative estimate of drug-likeness (QED) is 0.0541. The summed E-state index contributed by atoms with van der Waals surface area (Å²) >= 11 is 0. The van der Waals surface area contributed by atoms with Crippen molar-refractivity contribution in [2.75, 3.05) is 0 Å². The van der Waals surface area contributed by atoms with Gasteiger partial charge in [0.15, 0.2) is 140 Å². The Hall–Kier alpha value is -13.3. The molecule has 0 spiro atoms. The lowest BCUT2D eigenvalue weighted by atomic mass is 10.0. The van der Waals surface area contributed by atoms with E-state index in [4.69, 9.17) is 0 Å². The minimum Gasteiger partial charge on any atom is -0.354 e. The summed E-state index contributed by atoms with van der Waals surface area (Å²) in [7, 11) is 0. The van der Waals surface area contributed by atoms with Crippen LogP contribution in [0.5, 0.6) is 0 Å². The Labute approximate surface area is 596 Å². The monoisotopic (exact) mass is 1590 g/mol. The molecule has 0 fully saturated rings. The van der Waals surface area contributed by atoms with Crippen molar-refractivity contribution in [1.29, 1.82) is 0 Å². The molecule has 0 unspecified atom stereocenters. The lowest BCUT2D eigenvalue weighted by molar-refractivity contribution is 0.381. The van der Waals surface area contributed by atoms with E-state index in [0.29, 0.717) is 72.8 Å². The number of fused-ring (bicyclic) bond motifs is 18. The first-order chi connectivity index (χ1) is 53.1. The molecule has 566 valence electrons. The maximum atomic E-state index is 17.0. The molecule has 16 rings (SSSR count). The van der Waals surface area contributed by atoms with Gasteiger partial charge in [0, 0.05) is 88.6 Å². The summed E-state index contributed by atoms with van der Waals surface area (Å²) in [6, 6.07) is 6.31. The zero-order valence-electron chi connectivity index (χ0n) is 53.3. The summed E-state index contributed by atoms with van der Waals surface area (Å²) in [6.45, 7) is 0. The average molecular weight is 1590 g/mol. The van der Waals surface area contributed by atoms with E-state index in [1.807, 2.05) is 0 Å². The number of hydrogen-bond donors (Lipinski definition) is 6. The molecule has 2 aliphatic rings. The van der Waals surface area contributed by atoms with Crippen molar-refractivity contribution in [3.8, 4) is 77.9 Å². The molecular formula is C74H20F30N8. The van der Waals surface area contributed by atoms with Gasteiger partial charge in [-0.25, -0.2) is 142 Å². The van der Waals surface area contributed by atoms with Crippen LogP contribution in [0.1, 0.15) is 22.8 Å². The predicted octanol–water partition coefficient (Wildman–Crippen LogP) is 23.5. The molecule has 0 atom stereocenters. The first kappa shape index (κ1) is 72.9. The highest BCUT2D eigenvalue weighted by Gasteiger charge is 2.38. The van der Waals surface area contributed by atoms with Gasteiger partial charge in [0.1, 0.15) is 0 Å². The zero-order valence-corrected chi connectivity index (χ0v) is 53.3. The van der Waals surface area contributed by atoms with Crippen LogP contribution in [-0.4, -0.2) is 39.9 Å².